The van der Waals surface area contributed by atoms with E-state index in [1.807, 2.05) is 12.4 Å². The van der Waals surface area contributed by atoms with Crippen LogP contribution in [0.4, 0.5) is 0 Å². The lowest BCUT2D eigenvalue weighted by molar-refractivity contribution is 0.134. The molecule has 4 nitrogen and oxygen atoms in total. The number of rotatable bonds is 5. The number of piperazine rings is 1. The van der Waals surface area contributed by atoms with E-state index in [1.165, 1.54) is 16.3 Å². The van der Waals surface area contributed by atoms with Gasteiger partial charge in [-0.3, -0.25) is 9.88 Å². The van der Waals surface area contributed by atoms with Crippen molar-refractivity contribution in [1.82, 2.24) is 15.2 Å². The van der Waals surface area contributed by atoms with Crippen molar-refractivity contribution in [3.05, 3.63) is 72.6 Å². The lowest BCUT2D eigenvalue weighted by Gasteiger charge is -2.36. The second-order valence-electron chi connectivity index (χ2n) is 6.36. The molecule has 1 saturated heterocycles. The maximum absolute atomic E-state index is 6.13. The van der Waals surface area contributed by atoms with E-state index in [0.29, 0.717) is 12.6 Å². The van der Waals surface area contributed by atoms with Crippen molar-refractivity contribution < 1.29 is 4.74 Å². The van der Waals surface area contributed by atoms with Crippen LogP contribution >= 0.6 is 0 Å². The molecule has 0 amide bonds. The molecule has 2 aromatic carbocycles. The van der Waals surface area contributed by atoms with Crippen molar-refractivity contribution in [2.45, 2.75) is 6.04 Å². The predicted molar refractivity (Wildman–Crippen MR) is 101 cm³/mol. The van der Waals surface area contributed by atoms with Crippen molar-refractivity contribution in [2.24, 2.45) is 0 Å². The fraction of sp³-hybridized carbons (Fsp3) is 0.286. The molecule has 1 N–H and O–H groups in total. The van der Waals surface area contributed by atoms with Gasteiger partial charge >= 0.3 is 0 Å². The Balaban J connectivity index is 1.43. The minimum Gasteiger partial charge on any atom is -0.492 e. The molecule has 2 heterocycles. The SMILES string of the molecule is c1ccc2c(OCCN3CCNCC3c3ccncc3)cccc2c1. The fourth-order valence-electron chi connectivity index (χ4n) is 3.52. The van der Waals surface area contributed by atoms with Gasteiger partial charge in [-0.05, 0) is 29.1 Å². The molecule has 1 atom stereocenters. The summed E-state index contributed by atoms with van der Waals surface area (Å²) in [6.07, 6.45) is 3.74. The van der Waals surface area contributed by atoms with Gasteiger partial charge in [0.1, 0.15) is 12.4 Å². The molecule has 1 unspecified atom stereocenters. The quantitative estimate of drug-likeness (QED) is 0.778. The Kier molecular flexibility index (Phi) is 4.91. The summed E-state index contributed by atoms with van der Waals surface area (Å²) < 4.78 is 6.13. The van der Waals surface area contributed by atoms with E-state index in [1.54, 1.807) is 0 Å². The first-order valence-corrected chi connectivity index (χ1v) is 8.87. The van der Waals surface area contributed by atoms with Crippen LogP contribution in [0.1, 0.15) is 11.6 Å². The van der Waals surface area contributed by atoms with E-state index in [9.17, 15) is 0 Å². The first-order chi connectivity index (χ1) is 12.4. The largest absolute Gasteiger partial charge is 0.492 e. The third kappa shape index (κ3) is 3.65. The molecule has 1 fully saturated rings. The second kappa shape index (κ2) is 7.64. The van der Waals surface area contributed by atoms with E-state index >= 15 is 0 Å². The zero-order valence-electron chi connectivity index (χ0n) is 14.3. The Morgan fingerprint density at radius 3 is 2.80 bits per heavy atom. The number of hydrogen-bond donors (Lipinski definition) is 1. The Labute approximate surface area is 148 Å². The van der Waals surface area contributed by atoms with Crippen molar-refractivity contribution in [2.75, 3.05) is 32.8 Å². The third-order valence-corrected chi connectivity index (χ3v) is 4.83. The van der Waals surface area contributed by atoms with E-state index in [4.69, 9.17) is 4.74 Å². The zero-order chi connectivity index (χ0) is 16.9. The number of pyridine rings is 1. The molecular formula is C21H23N3O. The maximum Gasteiger partial charge on any atom is 0.127 e. The monoisotopic (exact) mass is 333 g/mol. The van der Waals surface area contributed by atoms with Crippen LogP contribution in [-0.4, -0.2) is 42.7 Å². The van der Waals surface area contributed by atoms with E-state index in [0.717, 1.165) is 31.9 Å². The number of nitrogens with zero attached hydrogens (tertiary/aromatic N) is 2. The van der Waals surface area contributed by atoms with Gasteiger partial charge in [-0.25, -0.2) is 0 Å². The van der Waals surface area contributed by atoms with Crippen molar-refractivity contribution in [3.63, 3.8) is 0 Å². The maximum atomic E-state index is 6.13. The number of nitrogens with one attached hydrogen (secondary N) is 1. The molecule has 128 valence electrons. The normalized spacial score (nSPS) is 18.3. The van der Waals surface area contributed by atoms with Crippen LogP contribution in [0.5, 0.6) is 5.75 Å². The van der Waals surface area contributed by atoms with Gasteiger partial charge in [0, 0.05) is 50.0 Å². The molecule has 3 aromatic rings. The Hall–Kier alpha value is -2.43. The Bertz CT molecular complexity index is 816. The first kappa shape index (κ1) is 16.1. The summed E-state index contributed by atoms with van der Waals surface area (Å²) in [5, 5.41) is 5.89. The molecule has 0 radical (unpaired) electrons. The lowest BCUT2D eigenvalue weighted by atomic mass is 10.0. The minimum atomic E-state index is 0.382. The van der Waals surface area contributed by atoms with Crippen molar-refractivity contribution in [1.29, 1.82) is 0 Å². The molecule has 25 heavy (non-hydrogen) atoms. The number of ether oxygens (including phenoxy) is 1. The van der Waals surface area contributed by atoms with Gasteiger partial charge in [0.15, 0.2) is 0 Å². The standard InChI is InChI=1S/C21H23N3O/c1-2-6-19-17(4-1)5-3-7-21(19)25-15-14-24-13-12-23-16-20(24)18-8-10-22-11-9-18/h1-11,20,23H,12-16H2. The van der Waals surface area contributed by atoms with Crippen LogP contribution in [0.15, 0.2) is 67.0 Å². The van der Waals surface area contributed by atoms with E-state index in [2.05, 4.69) is 69.8 Å². The first-order valence-electron chi connectivity index (χ1n) is 8.87. The van der Waals surface area contributed by atoms with Gasteiger partial charge in [-0.2, -0.15) is 0 Å². The van der Waals surface area contributed by atoms with Gasteiger partial charge in [-0.15, -0.1) is 0 Å². The van der Waals surface area contributed by atoms with Crippen LogP contribution in [0.3, 0.4) is 0 Å². The molecule has 0 saturated carbocycles. The summed E-state index contributed by atoms with van der Waals surface area (Å²) in [6.45, 7) is 4.63. The van der Waals surface area contributed by atoms with E-state index < -0.39 is 0 Å². The number of fused-ring (bicyclic) bond motifs is 1. The smallest absolute Gasteiger partial charge is 0.127 e. The number of hydrogen-bond acceptors (Lipinski definition) is 4. The second-order valence-corrected chi connectivity index (χ2v) is 6.36. The van der Waals surface area contributed by atoms with Gasteiger partial charge in [0.2, 0.25) is 0 Å². The Morgan fingerprint density at radius 2 is 1.88 bits per heavy atom. The molecule has 0 spiro atoms. The summed E-state index contributed by atoms with van der Waals surface area (Å²) in [6, 6.07) is 19.2. The molecule has 4 rings (SSSR count). The number of aromatic nitrogens is 1. The highest BCUT2D eigenvalue weighted by Crippen LogP contribution is 2.26. The summed E-state index contributed by atoms with van der Waals surface area (Å²) >= 11 is 0. The predicted octanol–water partition coefficient (Wildman–Crippen LogP) is 3.26. The fourth-order valence-corrected chi connectivity index (χ4v) is 3.52. The highest BCUT2D eigenvalue weighted by atomic mass is 16.5. The van der Waals surface area contributed by atoms with Gasteiger partial charge in [0.05, 0.1) is 0 Å². The third-order valence-electron chi connectivity index (χ3n) is 4.83. The average molecular weight is 333 g/mol. The molecule has 4 heteroatoms. The summed E-state index contributed by atoms with van der Waals surface area (Å²) in [5.41, 5.74) is 1.31. The van der Waals surface area contributed by atoms with Crippen molar-refractivity contribution >= 4 is 10.8 Å². The lowest BCUT2D eigenvalue weighted by Crippen LogP contribution is -2.47. The average Bonchev–Trinajstić information content (AvgIpc) is 2.69. The van der Waals surface area contributed by atoms with Crippen molar-refractivity contribution in [3.8, 4) is 5.75 Å². The van der Waals surface area contributed by atoms with Crippen LogP contribution < -0.4 is 10.1 Å². The van der Waals surface area contributed by atoms with Crippen LogP contribution in [0.25, 0.3) is 10.8 Å². The highest BCUT2D eigenvalue weighted by Gasteiger charge is 2.23. The van der Waals surface area contributed by atoms with Gasteiger partial charge < -0.3 is 10.1 Å². The van der Waals surface area contributed by atoms with Gasteiger partial charge in [0.25, 0.3) is 0 Å². The molecular weight excluding hydrogens is 310 g/mol. The topological polar surface area (TPSA) is 37.4 Å². The molecule has 1 aliphatic rings. The molecule has 0 aliphatic carbocycles. The Morgan fingerprint density at radius 1 is 1.04 bits per heavy atom. The summed E-state index contributed by atoms with van der Waals surface area (Å²) in [4.78, 5) is 6.63. The van der Waals surface area contributed by atoms with E-state index in [-0.39, 0.29) is 0 Å². The highest BCUT2D eigenvalue weighted by molar-refractivity contribution is 5.88. The van der Waals surface area contributed by atoms with Crippen LogP contribution in [0.2, 0.25) is 0 Å². The summed E-state index contributed by atoms with van der Waals surface area (Å²) in [7, 11) is 0. The minimum absolute atomic E-state index is 0.382. The van der Waals surface area contributed by atoms with Gasteiger partial charge in [-0.1, -0.05) is 36.4 Å². The van der Waals surface area contributed by atoms with Crippen LogP contribution in [0, 0.1) is 0 Å². The summed E-state index contributed by atoms with van der Waals surface area (Å²) in [5.74, 6) is 0.966. The zero-order valence-corrected chi connectivity index (χ0v) is 14.3. The van der Waals surface area contributed by atoms with Crippen LogP contribution in [-0.2, 0) is 0 Å². The number of benzene rings is 2. The molecule has 0 bridgehead atoms. The molecule has 1 aliphatic heterocycles. The molecule has 1 aromatic heterocycles.